The van der Waals surface area contributed by atoms with E-state index in [1.165, 1.54) is 0 Å². The highest BCUT2D eigenvalue weighted by atomic mass is 16.5. The number of carboxylic acid groups (broad SMARTS) is 1. The van der Waals surface area contributed by atoms with Gasteiger partial charge in [-0.1, -0.05) is 18.2 Å². The van der Waals surface area contributed by atoms with Crippen LogP contribution in [0.4, 0.5) is 0 Å². The molecule has 1 aliphatic rings. The number of allylic oxidation sites excluding steroid dienone is 2. The third-order valence-corrected chi connectivity index (χ3v) is 3.39. The van der Waals surface area contributed by atoms with Crippen LogP contribution in [0.25, 0.3) is 0 Å². The predicted octanol–water partition coefficient (Wildman–Crippen LogP) is 2.66. The summed E-state index contributed by atoms with van der Waals surface area (Å²) in [5.41, 5.74) is -0.663. The van der Waals surface area contributed by atoms with Gasteiger partial charge in [0.1, 0.15) is 0 Å². The molecule has 96 valence electrons. The van der Waals surface area contributed by atoms with E-state index < -0.39 is 11.4 Å². The maximum Gasteiger partial charge on any atom is 0.310 e. The Balaban J connectivity index is 1.91. The molecule has 4 heteroatoms. The molecule has 1 aromatic heterocycles. The third kappa shape index (κ3) is 2.88. The number of pyridine rings is 1. The fraction of sp³-hybridized carbons (Fsp3) is 0.429. The van der Waals surface area contributed by atoms with Crippen LogP contribution in [0.1, 0.15) is 25.7 Å². The van der Waals surface area contributed by atoms with Crippen molar-refractivity contribution in [2.24, 2.45) is 5.41 Å². The largest absolute Gasteiger partial charge is 0.481 e. The zero-order valence-electron chi connectivity index (χ0n) is 10.2. The van der Waals surface area contributed by atoms with Crippen LogP contribution >= 0.6 is 0 Å². The van der Waals surface area contributed by atoms with E-state index in [2.05, 4.69) is 4.98 Å². The lowest BCUT2D eigenvalue weighted by molar-refractivity contribution is -0.150. The Bertz CT molecular complexity index is 430. The second-order valence-corrected chi connectivity index (χ2v) is 4.57. The van der Waals surface area contributed by atoms with Gasteiger partial charge in [0, 0.05) is 12.3 Å². The molecule has 0 saturated heterocycles. The van der Waals surface area contributed by atoms with E-state index >= 15 is 0 Å². The molecule has 0 radical (unpaired) electrons. The molecule has 0 amide bonds. The maximum absolute atomic E-state index is 11.4. The second-order valence-electron chi connectivity index (χ2n) is 4.57. The molecule has 0 saturated carbocycles. The standard InChI is InChI=1S/C14H17NO3/c16-13(17)14(7-3-1-4-8-14)9-11-18-12-6-2-5-10-15-12/h1-3,5-6,10H,4,7-9,11H2,(H,16,17). The summed E-state index contributed by atoms with van der Waals surface area (Å²) < 4.78 is 5.49. The minimum Gasteiger partial charge on any atom is -0.481 e. The molecular formula is C14H17NO3. The van der Waals surface area contributed by atoms with Gasteiger partial charge in [-0.15, -0.1) is 0 Å². The molecule has 1 aromatic rings. The van der Waals surface area contributed by atoms with Gasteiger partial charge in [-0.05, 0) is 31.7 Å². The number of rotatable bonds is 5. The first-order valence-electron chi connectivity index (χ1n) is 6.15. The van der Waals surface area contributed by atoms with Crippen LogP contribution in [0.2, 0.25) is 0 Å². The lowest BCUT2D eigenvalue weighted by atomic mass is 9.75. The van der Waals surface area contributed by atoms with Gasteiger partial charge in [0.05, 0.1) is 12.0 Å². The maximum atomic E-state index is 11.4. The first-order chi connectivity index (χ1) is 8.73. The highest BCUT2D eigenvalue weighted by molar-refractivity contribution is 5.75. The summed E-state index contributed by atoms with van der Waals surface area (Å²) in [6, 6.07) is 5.43. The summed E-state index contributed by atoms with van der Waals surface area (Å²) >= 11 is 0. The van der Waals surface area contributed by atoms with Crippen molar-refractivity contribution >= 4 is 5.97 Å². The Morgan fingerprint density at radius 3 is 2.94 bits per heavy atom. The fourth-order valence-electron chi connectivity index (χ4n) is 2.20. The molecule has 2 rings (SSSR count). The highest BCUT2D eigenvalue weighted by Crippen LogP contribution is 2.36. The summed E-state index contributed by atoms with van der Waals surface area (Å²) in [4.78, 5) is 15.5. The van der Waals surface area contributed by atoms with Gasteiger partial charge in [0.15, 0.2) is 0 Å². The fourth-order valence-corrected chi connectivity index (χ4v) is 2.20. The molecular weight excluding hydrogens is 230 g/mol. The molecule has 1 aliphatic carbocycles. The molecule has 1 unspecified atom stereocenters. The van der Waals surface area contributed by atoms with Crippen LogP contribution in [-0.2, 0) is 4.79 Å². The Morgan fingerprint density at radius 1 is 1.44 bits per heavy atom. The number of nitrogens with zero attached hydrogens (tertiary/aromatic N) is 1. The molecule has 0 bridgehead atoms. The number of carbonyl (C=O) groups is 1. The van der Waals surface area contributed by atoms with Gasteiger partial charge in [-0.25, -0.2) is 4.98 Å². The molecule has 0 aromatic carbocycles. The smallest absolute Gasteiger partial charge is 0.310 e. The second kappa shape index (κ2) is 5.67. The summed E-state index contributed by atoms with van der Waals surface area (Å²) in [5, 5.41) is 9.38. The van der Waals surface area contributed by atoms with Crippen LogP contribution in [0.15, 0.2) is 36.5 Å². The summed E-state index contributed by atoms with van der Waals surface area (Å²) in [6.45, 7) is 0.386. The van der Waals surface area contributed by atoms with Crippen LogP contribution in [0.5, 0.6) is 5.88 Å². The zero-order chi connectivity index (χ0) is 12.8. The average molecular weight is 247 g/mol. The summed E-state index contributed by atoms with van der Waals surface area (Å²) in [6.07, 6.45) is 8.28. The SMILES string of the molecule is O=C(O)C1(CCOc2ccccn2)CC=CCC1. The van der Waals surface area contributed by atoms with Crippen molar-refractivity contribution in [2.45, 2.75) is 25.7 Å². The van der Waals surface area contributed by atoms with Crippen molar-refractivity contribution in [3.63, 3.8) is 0 Å². The van der Waals surface area contributed by atoms with Crippen molar-refractivity contribution in [1.29, 1.82) is 0 Å². The van der Waals surface area contributed by atoms with Gasteiger partial charge in [0.25, 0.3) is 0 Å². The molecule has 0 aliphatic heterocycles. The Labute approximate surface area is 106 Å². The molecule has 1 heterocycles. The van der Waals surface area contributed by atoms with Gasteiger partial charge in [0.2, 0.25) is 5.88 Å². The van der Waals surface area contributed by atoms with E-state index in [0.29, 0.717) is 31.7 Å². The van der Waals surface area contributed by atoms with E-state index in [9.17, 15) is 9.90 Å². The van der Waals surface area contributed by atoms with Crippen LogP contribution in [-0.4, -0.2) is 22.7 Å². The number of aromatic nitrogens is 1. The van der Waals surface area contributed by atoms with E-state index in [4.69, 9.17) is 4.74 Å². The van der Waals surface area contributed by atoms with Crippen molar-refractivity contribution in [3.8, 4) is 5.88 Å². The molecule has 0 spiro atoms. The first-order valence-corrected chi connectivity index (χ1v) is 6.15. The summed E-state index contributed by atoms with van der Waals surface area (Å²) in [5.74, 6) is -0.180. The molecule has 18 heavy (non-hydrogen) atoms. The zero-order valence-corrected chi connectivity index (χ0v) is 10.2. The van der Waals surface area contributed by atoms with Crippen molar-refractivity contribution < 1.29 is 14.6 Å². The van der Waals surface area contributed by atoms with Crippen LogP contribution < -0.4 is 4.74 Å². The lowest BCUT2D eigenvalue weighted by Gasteiger charge is -2.30. The normalized spacial score (nSPS) is 22.7. The number of ether oxygens (including phenoxy) is 1. The van der Waals surface area contributed by atoms with Crippen molar-refractivity contribution in [2.75, 3.05) is 6.61 Å². The minimum absolute atomic E-state index is 0.386. The summed E-state index contributed by atoms with van der Waals surface area (Å²) in [7, 11) is 0. The van der Waals surface area contributed by atoms with Gasteiger partial charge >= 0.3 is 5.97 Å². The number of carboxylic acids is 1. The van der Waals surface area contributed by atoms with E-state index in [0.717, 1.165) is 6.42 Å². The molecule has 1 N–H and O–H groups in total. The monoisotopic (exact) mass is 247 g/mol. The number of hydrogen-bond donors (Lipinski definition) is 1. The average Bonchev–Trinajstić information content (AvgIpc) is 2.41. The number of aliphatic carboxylic acids is 1. The van der Waals surface area contributed by atoms with Crippen molar-refractivity contribution in [3.05, 3.63) is 36.5 Å². The number of hydrogen-bond acceptors (Lipinski definition) is 3. The van der Waals surface area contributed by atoms with E-state index in [-0.39, 0.29) is 0 Å². The highest BCUT2D eigenvalue weighted by Gasteiger charge is 2.37. The molecule has 1 atom stereocenters. The topological polar surface area (TPSA) is 59.4 Å². The first kappa shape index (κ1) is 12.6. The van der Waals surface area contributed by atoms with E-state index in [1.54, 1.807) is 12.3 Å². The third-order valence-electron chi connectivity index (χ3n) is 3.39. The molecule has 0 fully saturated rings. The van der Waals surface area contributed by atoms with E-state index in [1.807, 2.05) is 24.3 Å². The van der Waals surface area contributed by atoms with Crippen molar-refractivity contribution in [1.82, 2.24) is 4.98 Å². The van der Waals surface area contributed by atoms with Crippen LogP contribution in [0, 0.1) is 5.41 Å². The van der Waals surface area contributed by atoms with Gasteiger partial charge in [-0.2, -0.15) is 0 Å². The van der Waals surface area contributed by atoms with Gasteiger partial charge < -0.3 is 9.84 Å². The minimum atomic E-state index is -0.725. The quantitative estimate of drug-likeness (QED) is 0.813. The Kier molecular flexibility index (Phi) is 3.97. The molecule has 4 nitrogen and oxygen atoms in total. The lowest BCUT2D eigenvalue weighted by Crippen LogP contribution is -2.33. The van der Waals surface area contributed by atoms with Crippen LogP contribution in [0.3, 0.4) is 0 Å². The van der Waals surface area contributed by atoms with Gasteiger partial charge in [-0.3, -0.25) is 4.79 Å². The predicted molar refractivity (Wildman–Crippen MR) is 67.4 cm³/mol. The Hall–Kier alpha value is -1.84. The Morgan fingerprint density at radius 2 is 2.33 bits per heavy atom.